The van der Waals surface area contributed by atoms with Gasteiger partial charge in [0.1, 0.15) is 16.9 Å². The van der Waals surface area contributed by atoms with Crippen LogP contribution in [0.4, 0.5) is 0 Å². The zero-order chi connectivity index (χ0) is 14.3. The van der Waals surface area contributed by atoms with E-state index in [1.807, 2.05) is 28.7 Å². The largest absolute Gasteiger partial charge is 0.422 e. The predicted molar refractivity (Wildman–Crippen MR) is 88.2 cm³/mol. The van der Waals surface area contributed by atoms with Crippen LogP contribution in [0.25, 0.3) is 0 Å². The lowest BCUT2D eigenvalue weighted by Crippen LogP contribution is -2.21. The summed E-state index contributed by atoms with van der Waals surface area (Å²) in [6.07, 6.45) is 0. The van der Waals surface area contributed by atoms with Crippen LogP contribution in [0.5, 0.6) is 11.5 Å². The van der Waals surface area contributed by atoms with Crippen molar-refractivity contribution in [3.63, 3.8) is 0 Å². The lowest BCUT2D eigenvalue weighted by atomic mass is 10.1. The van der Waals surface area contributed by atoms with Crippen molar-refractivity contribution in [2.75, 3.05) is 0 Å². The van der Waals surface area contributed by atoms with Crippen LogP contribution < -0.4 is 9.47 Å². The van der Waals surface area contributed by atoms with E-state index in [4.69, 9.17) is 9.47 Å². The van der Waals surface area contributed by atoms with Crippen LogP contribution in [0.15, 0.2) is 36.4 Å². The van der Waals surface area contributed by atoms with E-state index in [2.05, 4.69) is 22.6 Å². The Bertz CT molecular complexity index is 740. The van der Waals surface area contributed by atoms with Gasteiger partial charge in [0.05, 0.1) is 3.57 Å². The van der Waals surface area contributed by atoms with Gasteiger partial charge in [-0.1, -0.05) is 12.1 Å². The highest BCUT2D eigenvalue weighted by molar-refractivity contribution is 14.1. The molecule has 3 rings (SSSR count). The minimum Gasteiger partial charge on any atom is -0.422 e. The van der Waals surface area contributed by atoms with E-state index in [-0.39, 0.29) is 22.6 Å². The van der Waals surface area contributed by atoms with Crippen LogP contribution in [0.1, 0.15) is 20.7 Å². The molecule has 2 aromatic carbocycles. The fourth-order valence-electron chi connectivity index (χ4n) is 1.84. The van der Waals surface area contributed by atoms with Crippen LogP contribution in [-0.2, 0) is 0 Å². The third kappa shape index (κ3) is 2.41. The Labute approximate surface area is 141 Å². The van der Waals surface area contributed by atoms with Gasteiger partial charge in [-0.3, -0.25) is 0 Å². The molecule has 0 atom stereocenters. The van der Waals surface area contributed by atoms with Crippen LogP contribution in [0.3, 0.4) is 0 Å². The Morgan fingerprint density at radius 3 is 2.35 bits per heavy atom. The van der Waals surface area contributed by atoms with Gasteiger partial charge in [0, 0.05) is 3.57 Å². The van der Waals surface area contributed by atoms with Crippen LogP contribution in [0, 0.1) is 7.14 Å². The summed E-state index contributed by atoms with van der Waals surface area (Å²) in [5, 5.41) is 0. The maximum absolute atomic E-state index is 12.2. The average molecular weight is 492 g/mol. The topological polar surface area (TPSA) is 52.6 Å². The number of hydrogen-bond donors (Lipinski definition) is 0. The lowest BCUT2D eigenvalue weighted by molar-refractivity contribution is 0.0667. The molecule has 0 radical (unpaired) electrons. The Hall–Kier alpha value is -1.16. The Morgan fingerprint density at radius 2 is 1.55 bits per heavy atom. The number of carbonyl (C=O) groups excluding carboxylic acids is 2. The number of fused-ring (bicyclic) bond motifs is 2. The Morgan fingerprint density at radius 1 is 0.850 bits per heavy atom. The van der Waals surface area contributed by atoms with Gasteiger partial charge in [0.2, 0.25) is 0 Å². The van der Waals surface area contributed by atoms with E-state index >= 15 is 0 Å². The average Bonchev–Trinajstić information content (AvgIpc) is 2.40. The molecule has 0 fully saturated rings. The summed E-state index contributed by atoms with van der Waals surface area (Å²) in [6, 6.07) is 9.99. The Kier molecular flexibility index (Phi) is 3.67. The first kappa shape index (κ1) is 13.8. The van der Waals surface area contributed by atoms with Gasteiger partial charge in [-0.25, -0.2) is 9.59 Å². The molecule has 0 spiro atoms. The van der Waals surface area contributed by atoms with Gasteiger partial charge in [0.25, 0.3) is 0 Å². The molecule has 0 aromatic heterocycles. The van der Waals surface area contributed by atoms with E-state index in [0.29, 0.717) is 3.57 Å². The van der Waals surface area contributed by atoms with Crippen molar-refractivity contribution in [2.45, 2.75) is 0 Å². The standard InChI is InChI=1S/C14H6I2O4/c15-7-5-9-12(10(16)6-7)20-13(17)8-3-1-2-4-11(8)19-14(9)18/h1-6H. The predicted octanol–water partition coefficient (Wildman–Crippen LogP) is 3.65. The molecule has 100 valence electrons. The summed E-state index contributed by atoms with van der Waals surface area (Å²) in [7, 11) is 0. The fraction of sp³-hybridized carbons (Fsp3) is 0. The first-order valence-corrected chi connectivity index (χ1v) is 7.74. The summed E-state index contributed by atoms with van der Waals surface area (Å²) in [6.45, 7) is 0. The highest BCUT2D eigenvalue weighted by Crippen LogP contribution is 2.33. The van der Waals surface area contributed by atoms with Crippen LogP contribution >= 0.6 is 45.2 Å². The monoisotopic (exact) mass is 492 g/mol. The number of esters is 2. The smallest absolute Gasteiger partial charge is 0.347 e. The van der Waals surface area contributed by atoms with Crippen molar-refractivity contribution in [1.29, 1.82) is 0 Å². The molecule has 20 heavy (non-hydrogen) atoms. The van der Waals surface area contributed by atoms with Gasteiger partial charge in [-0.2, -0.15) is 0 Å². The molecule has 1 aliphatic heterocycles. The van der Waals surface area contributed by atoms with Crippen molar-refractivity contribution in [2.24, 2.45) is 0 Å². The second-order valence-electron chi connectivity index (χ2n) is 4.04. The van der Waals surface area contributed by atoms with Crippen molar-refractivity contribution in [3.05, 3.63) is 54.7 Å². The van der Waals surface area contributed by atoms with E-state index in [9.17, 15) is 9.59 Å². The molecule has 0 saturated carbocycles. The molecule has 0 bridgehead atoms. The fourth-order valence-corrected chi connectivity index (χ4v) is 3.80. The van der Waals surface area contributed by atoms with Crippen LogP contribution in [0.2, 0.25) is 0 Å². The number of hydrogen-bond acceptors (Lipinski definition) is 4. The second-order valence-corrected chi connectivity index (χ2v) is 6.45. The summed E-state index contributed by atoms with van der Waals surface area (Å²) in [4.78, 5) is 24.4. The molecular weight excluding hydrogens is 486 g/mol. The summed E-state index contributed by atoms with van der Waals surface area (Å²) < 4.78 is 12.2. The highest BCUT2D eigenvalue weighted by Gasteiger charge is 2.27. The number of carbonyl (C=O) groups is 2. The molecule has 0 N–H and O–H groups in total. The number of halogens is 2. The van der Waals surface area contributed by atoms with Crippen molar-refractivity contribution in [3.8, 4) is 11.5 Å². The van der Waals surface area contributed by atoms with Gasteiger partial charge < -0.3 is 9.47 Å². The third-order valence-corrected chi connectivity index (χ3v) is 4.16. The normalized spacial score (nSPS) is 13.5. The maximum Gasteiger partial charge on any atom is 0.347 e. The minimum absolute atomic E-state index is 0.210. The number of para-hydroxylation sites is 1. The zero-order valence-electron chi connectivity index (χ0n) is 9.85. The molecule has 4 nitrogen and oxygen atoms in total. The molecule has 1 heterocycles. The molecular formula is C14H6I2O4. The summed E-state index contributed by atoms with van der Waals surface area (Å²) >= 11 is 4.12. The van der Waals surface area contributed by atoms with Crippen molar-refractivity contribution >= 4 is 57.1 Å². The zero-order valence-corrected chi connectivity index (χ0v) is 14.2. The van der Waals surface area contributed by atoms with Gasteiger partial charge in [-0.05, 0) is 69.4 Å². The molecule has 2 aromatic rings. The summed E-state index contributed by atoms with van der Waals surface area (Å²) in [5.74, 6) is -0.609. The van der Waals surface area contributed by atoms with E-state index in [1.165, 1.54) is 0 Å². The van der Waals surface area contributed by atoms with E-state index in [0.717, 1.165) is 3.57 Å². The number of rotatable bonds is 0. The first-order chi connectivity index (χ1) is 9.56. The molecule has 0 amide bonds. The molecule has 0 unspecified atom stereocenters. The first-order valence-electron chi connectivity index (χ1n) is 5.58. The van der Waals surface area contributed by atoms with Gasteiger partial charge >= 0.3 is 11.9 Å². The van der Waals surface area contributed by atoms with E-state index in [1.54, 1.807) is 30.3 Å². The molecule has 1 aliphatic rings. The second kappa shape index (κ2) is 5.32. The Balaban J connectivity index is 2.19. The number of benzene rings is 2. The van der Waals surface area contributed by atoms with Gasteiger partial charge in [0.15, 0.2) is 5.75 Å². The number of ether oxygens (including phenoxy) is 2. The lowest BCUT2D eigenvalue weighted by Gasteiger charge is -2.17. The molecule has 0 saturated heterocycles. The molecule has 6 heteroatoms. The van der Waals surface area contributed by atoms with Crippen molar-refractivity contribution in [1.82, 2.24) is 0 Å². The third-order valence-electron chi connectivity index (χ3n) is 2.73. The highest BCUT2D eigenvalue weighted by atomic mass is 127. The molecule has 0 aliphatic carbocycles. The van der Waals surface area contributed by atoms with E-state index < -0.39 is 11.9 Å². The maximum atomic E-state index is 12.2. The quantitative estimate of drug-likeness (QED) is 0.321. The SMILES string of the molecule is O=C1Oc2c(I)cc(I)cc2C(=O)Oc2ccccc21. The summed E-state index contributed by atoms with van der Waals surface area (Å²) in [5.41, 5.74) is 0.491. The minimum atomic E-state index is -0.534. The van der Waals surface area contributed by atoms with Crippen molar-refractivity contribution < 1.29 is 19.1 Å². The van der Waals surface area contributed by atoms with Crippen LogP contribution in [-0.4, -0.2) is 11.9 Å². The van der Waals surface area contributed by atoms with Gasteiger partial charge in [-0.15, -0.1) is 0 Å².